The van der Waals surface area contributed by atoms with Gasteiger partial charge in [-0.3, -0.25) is 0 Å². The molecule has 0 radical (unpaired) electrons. The zero-order valence-electron chi connectivity index (χ0n) is 10.8. The summed E-state index contributed by atoms with van der Waals surface area (Å²) in [5.74, 6) is 0. The molecule has 0 spiro atoms. The molecule has 2 rings (SSSR count). The number of hydrogen-bond donors (Lipinski definition) is 0. The molecule has 1 aliphatic heterocycles. The Morgan fingerprint density at radius 2 is 2.12 bits per heavy atom. The molecule has 1 aromatic heterocycles. The molecule has 1 aliphatic rings. The standard InChI is InChI=1S/C9H13N2O.3CH3.Sn/c1-8-5-6-10-11(8)9-4-2-3-7-12-9;;;;/h5,9H,2-4,7H2,1H3;3*1H3;. The Labute approximate surface area is 102 Å². The van der Waals surface area contributed by atoms with Gasteiger partial charge < -0.3 is 0 Å². The second-order valence-corrected chi connectivity index (χ2v) is 20.0. The Hall–Kier alpha value is -0.0313. The van der Waals surface area contributed by atoms with Crippen molar-refractivity contribution in [3.8, 4) is 0 Å². The first-order chi connectivity index (χ1) is 7.48. The van der Waals surface area contributed by atoms with Crippen molar-refractivity contribution in [2.45, 2.75) is 47.2 Å². The molecule has 0 saturated carbocycles. The first-order valence-electron chi connectivity index (χ1n) is 6.17. The first kappa shape index (κ1) is 12.4. The zero-order valence-corrected chi connectivity index (χ0v) is 13.6. The van der Waals surface area contributed by atoms with E-state index in [1.54, 1.807) is 0 Å². The molecule has 1 atom stereocenters. The zero-order chi connectivity index (χ0) is 11.8. The van der Waals surface area contributed by atoms with E-state index in [-0.39, 0.29) is 6.23 Å². The molecule has 1 unspecified atom stereocenters. The number of hydrogen-bond acceptors (Lipinski definition) is 2. The fourth-order valence-corrected chi connectivity index (χ4v) is 5.06. The Bertz CT molecular complexity index is 362. The van der Waals surface area contributed by atoms with E-state index in [0.717, 1.165) is 13.0 Å². The summed E-state index contributed by atoms with van der Waals surface area (Å²) in [4.78, 5) is 7.22. The molecular formula is C12H22N2OSn. The predicted molar refractivity (Wildman–Crippen MR) is 68.8 cm³/mol. The summed E-state index contributed by atoms with van der Waals surface area (Å²) >= 11 is -2.02. The summed E-state index contributed by atoms with van der Waals surface area (Å²) in [5.41, 5.74) is 1.26. The molecule has 0 aliphatic carbocycles. The Balaban J connectivity index is 2.24. The molecule has 1 saturated heterocycles. The van der Waals surface area contributed by atoms with Crippen molar-refractivity contribution in [3.05, 3.63) is 11.8 Å². The molecule has 90 valence electrons. The van der Waals surface area contributed by atoms with Crippen LogP contribution in [-0.2, 0) is 4.74 Å². The molecule has 0 amide bonds. The molecule has 2 heterocycles. The van der Waals surface area contributed by atoms with Gasteiger partial charge >= 0.3 is 102 Å². The number of nitrogens with zero attached hydrogens (tertiary/aromatic N) is 2. The van der Waals surface area contributed by atoms with Crippen molar-refractivity contribution in [1.82, 2.24) is 9.78 Å². The van der Waals surface area contributed by atoms with Gasteiger partial charge in [-0.2, -0.15) is 0 Å². The van der Waals surface area contributed by atoms with Crippen molar-refractivity contribution in [3.63, 3.8) is 0 Å². The van der Waals surface area contributed by atoms with Crippen LogP contribution in [0.5, 0.6) is 0 Å². The van der Waals surface area contributed by atoms with Crippen molar-refractivity contribution in [1.29, 1.82) is 0 Å². The van der Waals surface area contributed by atoms with E-state index in [1.807, 2.05) is 0 Å². The van der Waals surface area contributed by atoms with E-state index in [4.69, 9.17) is 9.84 Å². The fourth-order valence-electron chi connectivity index (χ4n) is 2.06. The maximum absolute atomic E-state index is 5.79. The number of aromatic nitrogens is 2. The van der Waals surface area contributed by atoms with Gasteiger partial charge in [0, 0.05) is 0 Å². The van der Waals surface area contributed by atoms with Crippen LogP contribution in [0.15, 0.2) is 6.07 Å². The van der Waals surface area contributed by atoms with E-state index < -0.39 is 18.4 Å². The quantitative estimate of drug-likeness (QED) is 0.780. The molecule has 3 nitrogen and oxygen atoms in total. The van der Waals surface area contributed by atoms with Gasteiger partial charge in [0.2, 0.25) is 0 Å². The second-order valence-electron chi connectivity index (χ2n) is 5.69. The van der Waals surface area contributed by atoms with Gasteiger partial charge in [-0.25, -0.2) is 0 Å². The average molecular weight is 329 g/mol. The number of rotatable bonds is 2. The van der Waals surface area contributed by atoms with Crippen LogP contribution < -0.4 is 3.71 Å². The van der Waals surface area contributed by atoms with Gasteiger partial charge in [0.15, 0.2) is 0 Å². The summed E-state index contributed by atoms with van der Waals surface area (Å²) in [6.07, 6.45) is 3.76. The minimum absolute atomic E-state index is 0.191. The number of ether oxygens (including phenoxy) is 1. The molecule has 1 aromatic rings. The minimum atomic E-state index is -2.02. The van der Waals surface area contributed by atoms with Crippen LogP contribution >= 0.6 is 0 Å². The summed E-state index contributed by atoms with van der Waals surface area (Å²) < 4.78 is 9.26. The van der Waals surface area contributed by atoms with Crippen molar-refractivity contribution in [2.24, 2.45) is 0 Å². The Kier molecular flexibility index (Phi) is 3.64. The summed E-state index contributed by atoms with van der Waals surface area (Å²) in [5, 5.41) is 4.79. The predicted octanol–water partition coefficient (Wildman–Crippen LogP) is 2.44. The van der Waals surface area contributed by atoms with Crippen LogP contribution in [-0.4, -0.2) is 34.8 Å². The molecule has 0 N–H and O–H groups in total. The van der Waals surface area contributed by atoms with Crippen molar-refractivity contribution in [2.75, 3.05) is 6.61 Å². The third-order valence-corrected chi connectivity index (χ3v) is 8.20. The normalized spacial score (nSPS) is 22.4. The van der Waals surface area contributed by atoms with E-state index in [2.05, 4.69) is 32.5 Å². The van der Waals surface area contributed by atoms with E-state index in [0.29, 0.717) is 0 Å². The molecule has 4 heteroatoms. The average Bonchev–Trinajstić information content (AvgIpc) is 2.61. The summed E-state index contributed by atoms with van der Waals surface area (Å²) in [7, 11) is 0. The Morgan fingerprint density at radius 1 is 1.38 bits per heavy atom. The van der Waals surface area contributed by atoms with Crippen LogP contribution in [0.2, 0.25) is 14.8 Å². The maximum atomic E-state index is 5.79. The van der Waals surface area contributed by atoms with Gasteiger partial charge in [-0.1, -0.05) is 0 Å². The molecule has 1 fully saturated rings. The van der Waals surface area contributed by atoms with E-state index in [9.17, 15) is 0 Å². The first-order valence-corrected chi connectivity index (χ1v) is 16.2. The summed E-state index contributed by atoms with van der Waals surface area (Å²) in [6.45, 7) is 3.03. The van der Waals surface area contributed by atoms with Gasteiger partial charge in [-0.15, -0.1) is 0 Å². The van der Waals surface area contributed by atoms with Gasteiger partial charge in [0.1, 0.15) is 0 Å². The van der Waals surface area contributed by atoms with Crippen molar-refractivity contribution >= 4 is 22.1 Å². The number of aryl methyl sites for hydroxylation is 1. The summed E-state index contributed by atoms with van der Waals surface area (Å²) in [6, 6.07) is 2.27. The third-order valence-electron chi connectivity index (χ3n) is 3.12. The van der Waals surface area contributed by atoms with Crippen LogP contribution in [0.1, 0.15) is 31.2 Å². The molecule has 16 heavy (non-hydrogen) atoms. The molecule has 0 aromatic carbocycles. The third kappa shape index (κ3) is 2.62. The van der Waals surface area contributed by atoms with Crippen LogP contribution in [0.4, 0.5) is 0 Å². The van der Waals surface area contributed by atoms with Crippen LogP contribution in [0, 0.1) is 6.92 Å². The SMILES string of the molecule is Cc1c[c]([Sn]([CH3])([CH3])[CH3])nn1C1CCCCO1. The van der Waals surface area contributed by atoms with Gasteiger partial charge in [-0.05, 0) is 0 Å². The Morgan fingerprint density at radius 3 is 2.62 bits per heavy atom. The monoisotopic (exact) mass is 330 g/mol. The van der Waals surface area contributed by atoms with Crippen LogP contribution in [0.25, 0.3) is 0 Å². The fraction of sp³-hybridized carbons (Fsp3) is 0.750. The molecule has 0 bridgehead atoms. The van der Waals surface area contributed by atoms with E-state index >= 15 is 0 Å². The van der Waals surface area contributed by atoms with Crippen molar-refractivity contribution < 1.29 is 4.74 Å². The van der Waals surface area contributed by atoms with Gasteiger partial charge in [0.05, 0.1) is 0 Å². The topological polar surface area (TPSA) is 27.1 Å². The van der Waals surface area contributed by atoms with Crippen LogP contribution in [0.3, 0.4) is 0 Å². The molecular weight excluding hydrogens is 307 g/mol. The van der Waals surface area contributed by atoms with E-state index in [1.165, 1.54) is 22.2 Å². The van der Waals surface area contributed by atoms with Gasteiger partial charge in [0.25, 0.3) is 0 Å². The second kappa shape index (κ2) is 4.68.